The van der Waals surface area contributed by atoms with Crippen molar-refractivity contribution in [3.63, 3.8) is 0 Å². The molecule has 0 amide bonds. The molecule has 6 nitrogen and oxygen atoms in total. The Kier molecular flexibility index (Phi) is 18.1. The molecule has 2 heterocycles. The number of nitrogens with zero attached hydrogens (tertiary/aromatic N) is 2. The third kappa shape index (κ3) is 12.0. The quantitative estimate of drug-likeness (QED) is 0.133. The zero-order valence-electron chi connectivity index (χ0n) is 30.4. The molecule has 2 atom stereocenters. The van der Waals surface area contributed by atoms with Gasteiger partial charge in [0.05, 0.1) is 36.9 Å². The molecule has 4 rings (SSSR count). The minimum atomic E-state index is 0.442. The van der Waals surface area contributed by atoms with Gasteiger partial charge in [0.1, 0.15) is 11.6 Å². The van der Waals surface area contributed by atoms with Crippen LogP contribution in [0.3, 0.4) is 0 Å². The number of hydrogen-bond acceptors (Lipinski definition) is 4. The van der Waals surface area contributed by atoms with E-state index in [0.717, 1.165) is 69.5 Å². The molecule has 1 unspecified atom stereocenters. The predicted molar refractivity (Wildman–Crippen MR) is 198 cm³/mol. The van der Waals surface area contributed by atoms with Crippen LogP contribution in [0.1, 0.15) is 103 Å². The Morgan fingerprint density at radius 3 is 1.28 bits per heavy atom. The minimum Gasteiger partial charge on any atom is -0.341 e. The Morgan fingerprint density at radius 2 is 0.978 bits per heavy atom. The molecule has 2 aromatic carbocycles. The number of nitrogens with one attached hydrogen (secondary N) is 4. The molecule has 0 aliphatic heterocycles. The molecule has 2 aromatic heterocycles. The lowest BCUT2D eigenvalue weighted by Crippen LogP contribution is -2.30. The van der Waals surface area contributed by atoms with Crippen molar-refractivity contribution >= 4 is 0 Å². The first kappa shape index (κ1) is 39.9. The third-order valence-electron chi connectivity index (χ3n) is 7.85. The van der Waals surface area contributed by atoms with Crippen LogP contribution in [0.4, 0.5) is 0 Å². The highest BCUT2D eigenvalue weighted by Gasteiger charge is 2.11. The maximum absolute atomic E-state index is 4.56. The standard InChI is InChI=1S/C34H44N6.2C2H6.C2H2/c1-21(2)25(7)35-19-33-37-17-31(39-33)29-13-11-27(23(5)15-29)9-10-28-12-14-30(16-24(28)6)32-18-38-34(40-32)20-36-26(8)22(3)4;3*1-2/h11-18,21-22,25-26,35-36H,19-20H2,1-8H3,(H,37,39)(H,38,40);2*1-2H3;1-2H/t25-,26?;;;/m1.../s1. The molecule has 0 fully saturated rings. The summed E-state index contributed by atoms with van der Waals surface area (Å²) in [7, 11) is 0. The third-order valence-corrected chi connectivity index (χ3v) is 7.85. The van der Waals surface area contributed by atoms with Gasteiger partial charge in [-0.15, -0.1) is 12.8 Å². The Hall–Kier alpha value is -4.10. The summed E-state index contributed by atoms with van der Waals surface area (Å²) in [5.41, 5.74) is 8.63. The summed E-state index contributed by atoms with van der Waals surface area (Å²) >= 11 is 0. The fraction of sp³-hybridized carbons (Fsp3) is 0.450. The highest BCUT2D eigenvalue weighted by Crippen LogP contribution is 2.23. The van der Waals surface area contributed by atoms with E-state index in [1.165, 1.54) is 0 Å². The van der Waals surface area contributed by atoms with Crippen molar-refractivity contribution in [1.29, 1.82) is 0 Å². The van der Waals surface area contributed by atoms with Crippen LogP contribution in [0.2, 0.25) is 0 Å². The van der Waals surface area contributed by atoms with Gasteiger partial charge in [-0.2, -0.15) is 0 Å². The first-order valence-electron chi connectivity index (χ1n) is 16.7. The van der Waals surface area contributed by atoms with Crippen molar-refractivity contribution < 1.29 is 0 Å². The second-order valence-electron chi connectivity index (χ2n) is 11.6. The molecular weight excluding hydrogens is 564 g/mol. The highest BCUT2D eigenvalue weighted by molar-refractivity contribution is 5.64. The number of H-pyrrole nitrogens is 2. The summed E-state index contributed by atoms with van der Waals surface area (Å²) < 4.78 is 0. The van der Waals surface area contributed by atoms with Gasteiger partial charge in [0.2, 0.25) is 0 Å². The molecule has 0 radical (unpaired) electrons. The Morgan fingerprint density at radius 1 is 0.630 bits per heavy atom. The van der Waals surface area contributed by atoms with Crippen molar-refractivity contribution in [2.24, 2.45) is 11.8 Å². The van der Waals surface area contributed by atoms with Gasteiger partial charge in [-0.1, -0.05) is 79.4 Å². The van der Waals surface area contributed by atoms with Gasteiger partial charge >= 0.3 is 0 Å². The van der Waals surface area contributed by atoms with Gasteiger partial charge in [0, 0.05) is 23.2 Å². The molecule has 0 saturated heterocycles. The number of aryl methyl sites for hydroxylation is 2. The van der Waals surface area contributed by atoms with Crippen molar-refractivity contribution in [2.45, 2.75) is 108 Å². The molecule has 4 aromatic rings. The molecule has 0 saturated carbocycles. The van der Waals surface area contributed by atoms with E-state index in [2.05, 4.69) is 147 Å². The van der Waals surface area contributed by atoms with Crippen molar-refractivity contribution in [3.05, 3.63) is 82.7 Å². The molecule has 0 aliphatic rings. The van der Waals surface area contributed by atoms with Gasteiger partial charge in [-0.3, -0.25) is 0 Å². The second kappa shape index (κ2) is 20.8. The summed E-state index contributed by atoms with van der Waals surface area (Å²) in [5, 5.41) is 7.05. The molecule has 0 spiro atoms. The van der Waals surface area contributed by atoms with E-state index in [9.17, 15) is 0 Å². The first-order chi connectivity index (χ1) is 22.1. The average Bonchev–Trinajstić information content (AvgIpc) is 3.75. The molecule has 248 valence electrons. The lowest BCUT2D eigenvalue weighted by atomic mass is 10.0. The van der Waals surface area contributed by atoms with Gasteiger partial charge in [-0.25, -0.2) is 9.97 Å². The van der Waals surface area contributed by atoms with E-state index >= 15 is 0 Å². The van der Waals surface area contributed by atoms with Crippen LogP contribution in [-0.2, 0) is 13.1 Å². The van der Waals surface area contributed by atoms with Crippen LogP contribution < -0.4 is 10.6 Å². The number of benzene rings is 2. The maximum Gasteiger partial charge on any atom is 0.120 e. The number of hydrogen-bond donors (Lipinski definition) is 4. The molecule has 0 bridgehead atoms. The summed E-state index contributed by atoms with van der Waals surface area (Å²) in [5.74, 6) is 9.84. The normalized spacial score (nSPS) is 11.6. The molecule has 4 N–H and O–H groups in total. The van der Waals surface area contributed by atoms with E-state index in [1.54, 1.807) is 0 Å². The summed E-state index contributed by atoms with van der Waals surface area (Å²) in [6.07, 6.45) is 11.8. The minimum absolute atomic E-state index is 0.442. The number of terminal acetylenes is 1. The fourth-order valence-corrected chi connectivity index (χ4v) is 4.26. The smallest absolute Gasteiger partial charge is 0.120 e. The molecule has 6 heteroatoms. The summed E-state index contributed by atoms with van der Waals surface area (Å²) in [6.45, 7) is 27.0. The maximum atomic E-state index is 4.56. The van der Waals surface area contributed by atoms with E-state index in [-0.39, 0.29) is 0 Å². The van der Waals surface area contributed by atoms with Gasteiger partial charge < -0.3 is 20.6 Å². The van der Waals surface area contributed by atoms with Crippen LogP contribution >= 0.6 is 0 Å². The first-order valence-corrected chi connectivity index (χ1v) is 16.7. The lowest BCUT2D eigenvalue weighted by molar-refractivity contribution is 0.422. The van der Waals surface area contributed by atoms with Crippen molar-refractivity contribution in [3.8, 4) is 47.2 Å². The molecule has 46 heavy (non-hydrogen) atoms. The SMILES string of the molecule is C#C.CC.CC.Cc1cc(-c2cnc(CNC(C)C(C)C)[nH]2)ccc1C#Cc1ccc(-c2cnc(CN[C@H](C)C(C)C)[nH]2)cc1C. The summed E-state index contributed by atoms with van der Waals surface area (Å²) in [6, 6.07) is 13.7. The number of rotatable bonds is 10. The van der Waals surface area contributed by atoms with Crippen LogP contribution in [0, 0.1) is 50.4 Å². The molecular formula is C40H58N6. The van der Waals surface area contributed by atoms with Gasteiger partial charge in [0.25, 0.3) is 0 Å². The zero-order chi connectivity index (χ0) is 34.8. The van der Waals surface area contributed by atoms with Crippen LogP contribution in [0.5, 0.6) is 0 Å². The Balaban J connectivity index is 0.00000166. The van der Waals surface area contributed by atoms with Crippen LogP contribution in [0.15, 0.2) is 48.8 Å². The van der Waals surface area contributed by atoms with Crippen molar-refractivity contribution in [2.75, 3.05) is 0 Å². The van der Waals surface area contributed by atoms with Crippen LogP contribution in [-0.4, -0.2) is 32.0 Å². The number of aromatic nitrogens is 4. The number of imidazole rings is 2. The Labute approximate surface area is 280 Å². The largest absolute Gasteiger partial charge is 0.341 e. The average molecular weight is 623 g/mol. The van der Waals surface area contributed by atoms with Gasteiger partial charge in [0.15, 0.2) is 0 Å². The zero-order valence-corrected chi connectivity index (χ0v) is 30.4. The van der Waals surface area contributed by atoms with E-state index in [1.807, 2.05) is 40.1 Å². The molecule has 0 aliphatic carbocycles. The summed E-state index contributed by atoms with van der Waals surface area (Å²) in [4.78, 5) is 16.0. The second-order valence-corrected chi connectivity index (χ2v) is 11.6. The monoisotopic (exact) mass is 622 g/mol. The highest BCUT2D eigenvalue weighted by atomic mass is 15.0. The van der Waals surface area contributed by atoms with Gasteiger partial charge in [-0.05, 0) is 86.1 Å². The van der Waals surface area contributed by atoms with Crippen molar-refractivity contribution in [1.82, 2.24) is 30.6 Å². The Bertz CT molecular complexity index is 1420. The lowest BCUT2D eigenvalue weighted by Gasteiger charge is -2.16. The number of aromatic amines is 2. The van der Waals surface area contributed by atoms with Crippen LogP contribution in [0.25, 0.3) is 22.5 Å². The predicted octanol–water partition coefficient (Wildman–Crippen LogP) is 9.05. The topological polar surface area (TPSA) is 81.4 Å². The van der Waals surface area contributed by atoms with E-state index < -0.39 is 0 Å². The fourth-order valence-electron chi connectivity index (χ4n) is 4.26. The van der Waals surface area contributed by atoms with E-state index in [0.29, 0.717) is 23.9 Å². The van der Waals surface area contributed by atoms with E-state index in [4.69, 9.17) is 0 Å².